The van der Waals surface area contributed by atoms with E-state index in [0.29, 0.717) is 25.3 Å². The number of hydrogen-bond donors (Lipinski definition) is 2. The molecule has 1 aliphatic rings. The first-order chi connectivity index (χ1) is 20.1. The molecule has 4 rings (SSSR count). The lowest BCUT2D eigenvalue weighted by Crippen LogP contribution is -2.61. The summed E-state index contributed by atoms with van der Waals surface area (Å²) >= 11 is 0. The number of ketones is 1. The van der Waals surface area contributed by atoms with Gasteiger partial charge in [-0.05, 0) is 49.7 Å². The molecule has 42 heavy (non-hydrogen) atoms. The molecular formula is C31H40N6O5. The molecule has 3 aromatic rings. The number of carbonyl (C=O) groups excluding carboxylic acids is 4. The number of aromatic amines is 1. The minimum Gasteiger partial charge on any atom is -0.467 e. The summed E-state index contributed by atoms with van der Waals surface area (Å²) in [6.45, 7) is 1.40. The number of nitrogens with one attached hydrogen (secondary N) is 1. The van der Waals surface area contributed by atoms with Crippen molar-refractivity contribution in [3.63, 3.8) is 0 Å². The average molecular weight is 577 g/mol. The molecule has 224 valence electrons. The summed E-state index contributed by atoms with van der Waals surface area (Å²) in [5.74, 6) is -1.75. The van der Waals surface area contributed by atoms with Crippen LogP contribution >= 0.6 is 0 Å². The molecule has 11 nitrogen and oxygen atoms in total. The van der Waals surface area contributed by atoms with Crippen LogP contribution in [0.5, 0.6) is 0 Å². The number of carbonyl (C=O) groups is 4. The number of likely N-dealkylation sites (N-methyl/N-ethyl adjacent to an activating group) is 1. The van der Waals surface area contributed by atoms with E-state index in [1.165, 1.54) is 12.0 Å². The van der Waals surface area contributed by atoms with Crippen LogP contribution in [-0.4, -0.2) is 101 Å². The van der Waals surface area contributed by atoms with Crippen LogP contribution in [0.4, 0.5) is 0 Å². The second-order valence-electron chi connectivity index (χ2n) is 11.1. The fourth-order valence-corrected chi connectivity index (χ4v) is 5.97. The van der Waals surface area contributed by atoms with E-state index in [1.807, 2.05) is 52.3 Å². The SMILES string of the molecule is COC(=O)[C@@](CCC(N)=O)(C(=O)CN(Cc1cccc2ccccc12)C[C@@H]1CCCN1C(=O)Cc1c[nH]cn1)N(C)C. The fourth-order valence-electron chi connectivity index (χ4n) is 5.97. The van der Waals surface area contributed by atoms with Gasteiger partial charge >= 0.3 is 5.97 Å². The van der Waals surface area contributed by atoms with Gasteiger partial charge in [-0.15, -0.1) is 0 Å². The zero-order valence-electron chi connectivity index (χ0n) is 24.5. The Morgan fingerprint density at radius 1 is 1.14 bits per heavy atom. The highest BCUT2D eigenvalue weighted by Gasteiger charge is 2.49. The Morgan fingerprint density at radius 2 is 1.90 bits per heavy atom. The van der Waals surface area contributed by atoms with Gasteiger partial charge in [0.2, 0.25) is 11.8 Å². The molecule has 2 amide bonds. The molecule has 0 aliphatic carbocycles. The smallest absolute Gasteiger partial charge is 0.334 e. The normalized spacial score (nSPS) is 16.6. The topological polar surface area (TPSA) is 142 Å². The largest absolute Gasteiger partial charge is 0.467 e. The molecule has 0 radical (unpaired) electrons. The van der Waals surface area contributed by atoms with Crippen LogP contribution in [-0.2, 0) is 36.9 Å². The van der Waals surface area contributed by atoms with Crippen molar-refractivity contribution >= 4 is 34.3 Å². The molecular weight excluding hydrogens is 536 g/mol. The third-order valence-corrected chi connectivity index (χ3v) is 8.18. The van der Waals surface area contributed by atoms with Crippen LogP contribution in [0.15, 0.2) is 55.0 Å². The Bertz CT molecular complexity index is 1400. The summed E-state index contributed by atoms with van der Waals surface area (Å²) in [5.41, 5.74) is 5.44. The van der Waals surface area contributed by atoms with Gasteiger partial charge in [0.1, 0.15) is 0 Å². The Kier molecular flexibility index (Phi) is 10.1. The third kappa shape index (κ3) is 6.85. The van der Waals surface area contributed by atoms with Crippen molar-refractivity contribution in [2.75, 3.05) is 40.8 Å². The lowest BCUT2D eigenvalue weighted by Gasteiger charge is -2.38. The van der Waals surface area contributed by atoms with Gasteiger partial charge in [0.15, 0.2) is 11.3 Å². The van der Waals surface area contributed by atoms with E-state index in [0.717, 1.165) is 29.2 Å². The standard InChI is InChI=1S/C31H40N6O5/c1-35(2)31(30(41)42-3,14-13-28(32)39)27(38)20-36(18-23-10-6-9-22-8-4-5-12-26(22)23)19-25-11-7-15-37(25)29(40)16-24-17-33-21-34-24/h4-6,8-10,12,17,21,25H,7,11,13-16,18-20H2,1-3H3,(H2,32,39)(H,33,34)/t25-,31+/m0/s1. The number of likely N-dealkylation sites (tertiary alicyclic amines) is 1. The van der Waals surface area contributed by atoms with Crippen LogP contribution in [0, 0.1) is 0 Å². The number of amides is 2. The van der Waals surface area contributed by atoms with Crippen LogP contribution in [0.25, 0.3) is 10.8 Å². The first kappa shape index (κ1) is 30.9. The molecule has 2 heterocycles. The quantitative estimate of drug-likeness (QED) is 0.219. The number of aromatic nitrogens is 2. The van der Waals surface area contributed by atoms with E-state index in [2.05, 4.69) is 9.97 Å². The van der Waals surface area contributed by atoms with E-state index < -0.39 is 23.2 Å². The number of nitrogens with two attached hydrogens (primary N) is 1. The number of Topliss-reactive ketones (excluding diaryl/α,β-unsaturated/α-hetero) is 1. The van der Waals surface area contributed by atoms with Crippen LogP contribution in [0.3, 0.4) is 0 Å². The van der Waals surface area contributed by atoms with Gasteiger partial charge < -0.3 is 20.4 Å². The minimum absolute atomic E-state index is 0.0142. The first-order valence-electron chi connectivity index (χ1n) is 14.2. The number of primary amides is 1. The molecule has 0 unspecified atom stereocenters. The predicted octanol–water partition coefficient (Wildman–Crippen LogP) is 1.91. The predicted molar refractivity (Wildman–Crippen MR) is 158 cm³/mol. The van der Waals surface area contributed by atoms with Gasteiger partial charge in [-0.25, -0.2) is 9.78 Å². The molecule has 1 fully saturated rings. The summed E-state index contributed by atoms with van der Waals surface area (Å²) in [4.78, 5) is 64.8. The number of ether oxygens (including phenoxy) is 1. The zero-order chi connectivity index (χ0) is 30.3. The maximum Gasteiger partial charge on any atom is 0.334 e. The Labute approximate surface area is 246 Å². The van der Waals surface area contributed by atoms with E-state index in [9.17, 15) is 19.2 Å². The Hall–Kier alpha value is -4.09. The molecule has 1 saturated heterocycles. The molecule has 2 atom stereocenters. The van der Waals surface area contributed by atoms with E-state index in [-0.39, 0.29) is 37.8 Å². The van der Waals surface area contributed by atoms with E-state index in [4.69, 9.17) is 10.5 Å². The second kappa shape index (κ2) is 13.7. The van der Waals surface area contributed by atoms with Gasteiger partial charge in [0.25, 0.3) is 0 Å². The number of H-pyrrole nitrogens is 1. The summed E-state index contributed by atoms with van der Waals surface area (Å²) in [6.07, 6.45) is 4.87. The van der Waals surface area contributed by atoms with Crippen molar-refractivity contribution in [3.8, 4) is 0 Å². The number of hydrogen-bond acceptors (Lipinski definition) is 8. The van der Waals surface area contributed by atoms with Crippen molar-refractivity contribution in [3.05, 3.63) is 66.2 Å². The summed E-state index contributed by atoms with van der Waals surface area (Å²) in [6, 6.07) is 14.0. The number of esters is 1. The fraction of sp³-hybridized carbons (Fsp3) is 0.452. The number of imidazole rings is 1. The molecule has 0 bridgehead atoms. The van der Waals surface area contributed by atoms with Crippen molar-refractivity contribution in [2.45, 2.75) is 50.2 Å². The molecule has 0 saturated carbocycles. The van der Waals surface area contributed by atoms with Crippen molar-refractivity contribution < 1.29 is 23.9 Å². The highest BCUT2D eigenvalue weighted by Crippen LogP contribution is 2.27. The lowest BCUT2D eigenvalue weighted by atomic mass is 9.86. The molecule has 1 aromatic heterocycles. The minimum atomic E-state index is -1.69. The highest BCUT2D eigenvalue weighted by atomic mass is 16.5. The van der Waals surface area contributed by atoms with Crippen LogP contribution < -0.4 is 5.73 Å². The van der Waals surface area contributed by atoms with Crippen molar-refractivity contribution in [1.82, 2.24) is 24.7 Å². The third-order valence-electron chi connectivity index (χ3n) is 8.18. The van der Waals surface area contributed by atoms with Crippen molar-refractivity contribution in [1.29, 1.82) is 0 Å². The van der Waals surface area contributed by atoms with Crippen molar-refractivity contribution in [2.24, 2.45) is 5.73 Å². The molecule has 2 aromatic carbocycles. The monoisotopic (exact) mass is 576 g/mol. The van der Waals surface area contributed by atoms with Crippen LogP contribution in [0.2, 0.25) is 0 Å². The molecule has 1 aliphatic heterocycles. The van der Waals surface area contributed by atoms with Gasteiger partial charge in [-0.3, -0.25) is 24.2 Å². The average Bonchev–Trinajstić information content (AvgIpc) is 3.65. The number of nitrogens with zero attached hydrogens (tertiary/aromatic N) is 4. The number of rotatable bonds is 14. The van der Waals surface area contributed by atoms with Gasteiger partial charge in [-0.2, -0.15) is 0 Å². The maximum atomic E-state index is 14.2. The molecule has 0 spiro atoms. The van der Waals surface area contributed by atoms with E-state index in [1.54, 1.807) is 26.6 Å². The number of methoxy groups -OCH3 is 1. The molecule has 11 heteroatoms. The van der Waals surface area contributed by atoms with Gasteiger partial charge in [0, 0.05) is 38.3 Å². The summed E-state index contributed by atoms with van der Waals surface area (Å²) < 4.78 is 5.09. The Balaban J connectivity index is 1.65. The summed E-state index contributed by atoms with van der Waals surface area (Å²) in [5, 5.41) is 2.15. The van der Waals surface area contributed by atoms with Crippen LogP contribution in [0.1, 0.15) is 36.9 Å². The van der Waals surface area contributed by atoms with E-state index >= 15 is 0 Å². The lowest BCUT2D eigenvalue weighted by molar-refractivity contribution is -0.160. The van der Waals surface area contributed by atoms with Gasteiger partial charge in [0.05, 0.1) is 32.1 Å². The first-order valence-corrected chi connectivity index (χ1v) is 14.2. The Morgan fingerprint density at radius 3 is 2.60 bits per heavy atom. The summed E-state index contributed by atoms with van der Waals surface area (Å²) in [7, 11) is 4.47. The maximum absolute atomic E-state index is 14.2. The molecule has 3 N–H and O–H groups in total. The zero-order valence-corrected chi connectivity index (χ0v) is 24.5. The van der Waals surface area contributed by atoms with Gasteiger partial charge in [-0.1, -0.05) is 42.5 Å². The number of benzene rings is 2. The number of fused-ring (bicyclic) bond motifs is 1. The second-order valence-corrected chi connectivity index (χ2v) is 11.1. The highest BCUT2D eigenvalue weighted by molar-refractivity contribution is 6.09.